The number of nitrogens with zero attached hydrogens (tertiary/aromatic N) is 6. The predicted octanol–water partition coefficient (Wildman–Crippen LogP) is -0.0495. The molecule has 2 atom stereocenters. The van der Waals surface area contributed by atoms with Crippen LogP contribution in [0.5, 0.6) is 5.75 Å². The molecule has 9 nitrogen and oxygen atoms in total. The van der Waals surface area contributed by atoms with Gasteiger partial charge >= 0.3 is 0 Å². The summed E-state index contributed by atoms with van der Waals surface area (Å²) in [6.45, 7) is 1.83. The molecule has 0 N–H and O–H groups in total. The maximum absolute atomic E-state index is 12.9. The Bertz CT molecular complexity index is 813. The van der Waals surface area contributed by atoms with E-state index in [0.29, 0.717) is 25.4 Å². The van der Waals surface area contributed by atoms with Gasteiger partial charge in [0.15, 0.2) is 12.9 Å². The lowest BCUT2D eigenvalue weighted by Gasteiger charge is -2.53. The van der Waals surface area contributed by atoms with Gasteiger partial charge in [0, 0.05) is 31.6 Å². The van der Waals surface area contributed by atoms with Crippen LogP contribution in [0.15, 0.2) is 30.6 Å². The van der Waals surface area contributed by atoms with Gasteiger partial charge in [-0.2, -0.15) is 4.80 Å². The summed E-state index contributed by atoms with van der Waals surface area (Å²) in [5.74, 6) is 0.258. The molecule has 0 aliphatic carbocycles. The van der Waals surface area contributed by atoms with Crippen LogP contribution in [0.2, 0.25) is 0 Å². The Labute approximate surface area is 154 Å². The SMILES string of the molecule is O=C(Cn1ncnn1)N1CC[C@H]2[C@@H](C1)CN2C(=O)COc1ccc(F)cc1. The standard InChI is InChI=1S/C17H19FN6O3/c18-13-1-3-14(4-2-13)27-10-17(26)23-8-12-7-22(6-5-15(12)23)16(25)9-24-20-11-19-21-24/h1-4,11-12,15H,5-10H2/t12-,15-/m0/s1. The van der Waals surface area contributed by atoms with Crippen LogP contribution >= 0.6 is 0 Å². The van der Waals surface area contributed by atoms with Crippen molar-refractivity contribution in [3.63, 3.8) is 0 Å². The quantitative estimate of drug-likeness (QED) is 0.729. The maximum Gasteiger partial charge on any atom is 0.260 e. The molecule has 2 fully saturated rings. The molecule has 0 saturated carbocycles. The molecule has 3 heterocycles. The molecule has 4 rings (SSSR count). The molecule has 1 aromatic heterocycles. The highest BCUT2D eigenvalue weighted by atomic mass is 19.1. The number of tetrazole rings is 1. The van der Waals surface area contributed by atoms with E-state index in [1.165, 1.54) is 35.4 Å². The molecule has 0 bridgehead atoms. The average molecular weight is 374 g/mol. The summed E-state index contributed by atoms with van der Waals surface area (Å²) in [4.78, 5) is 29.5. The lowest BCUT2D eigenvalue weighted by molar-refractivity contribution is -0.153. The Balaban J connectivity index is 1.24. The van der Waals surface area contributed by atoms with Gasteiger partial charge in [-0.05, 0) is 35.9 Å². The van der Waals surface area contributed by atoms with Gasteiger partial charge in [-0.1, -0.05) is 0 Å². The first kappa shape index (κ1) is 17.4. The topological polar surface area (TPSA) is 93.5 Å². The Kier molecular flexibility index (Phi) is 4.69. The van der Waals surface area contributed by atoms with Crippen molar-refractivity contribution in [1.82, 2.24) is 30.0 Å². The van der Waals surface area contributed by atoms with Crippen molar-refractivity contribution in [3.8, 4) is 5.75 Å². The van der Waals surface area contributed by atoms with E-state index in [-0.39, 0.29) is 42.7 Å². The maximum atomic E-state index is 12.9. The zero-order valence-electron chi connectivity index (χ0n) is 14.6. The summed E-state index contributed by atoms with van der Waals surface area (Å²) < 4.78 is 18.3. The molecule has 2 amide bonds. The van der Waals surface area contributed by atoms with Crippen molar-refractivity contribution in [3.05, 3.63) is 36.4 Å². The second-order valence-corrected chi connectivity index (χ2v) is 6.71. The molecular formula is C17H19FN6O3. The fourth-order valence-corrected chi connectivity index (χ4v) is 3.61. The van der Waals surface area contributed by atoms with Crippen molar-refractivity contribution in [2.75, 3.05) is 26.2 Å². The van der Waals surface area contributed by atoms with E-state index in [1.54, 1.807) is 9.80 Å². The van der Waals surface area contributed by atoms with Crippen LogP contribution in [-0.4, -0.2) is 74.1 Å². The first-order valence-corrected chi connectivity index (χ1v) is 8.76. The second-order valence-electron chi connectivity index (χ2n) is 6.71. The zero-order valence-corrected chi connectivity index (χ0v) is 14.6. The molecule has 2 aliphatic heterocycles. The Morgan fingerprint density at radius 3 is 2.70 bits per heavy atom. The predicted molar refractivity (Wildman–Crippen MR) is 89.9 cm³/mol. The molecule has 0 spiro atoms. The second kappa shape index (κ2) is 7.29. The summed E-state index contributed by atoms with van der Waals surface area (Å²) in [5, 5.41) is 11.1. The van der Waals surface area contributed by atoms with Gasteiger partial charge in [0.25, 0.3) is 5.91 Å². The molecule has 1 aromatic carbocycles. The molecule has 2 saturated heterocycles. The smallest absolute Gasteiger partial charge is 0.260 e. The number of carbonyl (C=O) groups excluding carboxylic acids is 2. The molecule has 142 valence electrons. The van der Waals surface area contributed by atoms with Gasteiger partial charge in [-0.15, -0.1) is 10.2 Å². The Morgan fingerprint density at radius 1 is 1.19 bits per heavy atom. The van der Waals surface area contributed by atoms with Crippen LogP contribution in [0.3, 0.4) is 0 Å². The molecule has 0 unspecified atom stereocenters. The number of piperidine rings is 1. The zero-order chi connectivity index (χ0) is 18.8. The van der Waals surface area contributed by atoms with Gasteiger partial charge in [0.2, 0.25) is 5.91 Å². The summed E-state index contributed by atoms with van der Waals surface area (Å²) in [7, 11) is 0. The molecule has 10 heteroatoms. The number of aromatic nitrogens is 4. The van der Waals surface area contributed by atoms with Crippen molar-refractivity contribution in [2.45, 2.75) is 19.0 Å². The number of amides is 2. The van der Waals surface area contributed by atoms with Crippen LogP contribution in [0.4, 0.5) is 4.39 Å². The van der Waals surface area contributed by atoms with Crippen LogP contribution in [0, 0.1) is 11.7 Å². The first-order chi connectivity index (χ1) is 13.1. The third kappa shape index (κ3) is 3.74. The van der Waals surface area contributed by atoms with Crippen molar-refractivity contribution >= 4 is 11.8 Å². The van der Waals surface area contributed by atoms with Crippen molar-refractivity contribution in [1.29, 1.82) is 0 Å². The number of fused-ring (bicyclic) bond motifs is 1. The number of benzene rings is 1. The van der Waals surface area contributed by atoms with Crippen LogP contribution in [0.25, 0.3) is 0 Å². The van der Waals surface area contributed by atoms with Gasteiger partial charge in [-0.3, -0.25) is 9.59 Å². The number of likely N-dealkylation sites (tertiary alicyclic amines) is 2. The molecule has 0 radical (unpaired) electrons. The highest BCUT2D eigenvalue weighted by Gasteiger charge is 2.45. The largest absolute Gasteiger partial charge is 0.484 e. The number of ether oxygens (including phenoxy) is 1. The summed E-state index contributed by atoms with van der Waals surface area (Å²) in [6.07, 6.45) is 2.03. The number of hydrogen-bond donors (Lipinski definition) is 0. The summed E-state index contributed by atoms with van der Waals surface area (Å²) in [5.41, 5.74) is 0. The number of hydrogen-bond acceptors (Lipinski definition) is 6. The molecule has 2 aromatic rings. The van der Waals surface area contributed by atoms with Crippen LogP contribution in [-0.2, 0) is 16.1 Å². The fraction of sp³-hybridized carbons (Fsp3) is 0.471. The number of halogens is 1. The van der Waals surface area contributed by atoms with E-state index in [4.69, 9.17) is 4.74 Å². The minimum absolute atomic E-state index is 0.0455. The lowest BCUT2D eigenvalue weighted by Crippen LogP contribution is -2.66. The number of rotatable bonds is 5. The van der Waals surface area contributed by atoms with Crippen LogP contribution < -0.4 is 4.74 Å². The molecular weight excluding hydrogens is 355 g/mol. The van der Waals surface area contributed by atoms with E-state index in [9.17, 15) is 14.0 Å². The minimum atomic E-state index is -0.347. The van der Waals surface area contributed by atoms with Gasteiger partial charge in [-0.25, -0.2) is 4.39 Å². The molecule has 2 aliphatic rings. The van der Waals surface area contributed by atoms with E-state index in [0.717, 1.165) is 6.42 Å². The third-order valence-electron chi connectivity index (χ3n) is 5.04. The monoisotopic (exact) mass is 374 g/mol. The summed E-state index contributed by atoms with van der Waals surface area (Å²) >= 11 is 0. The fourth-order valence-electron chi connectivity index (χ4n) is 3.61. The van der Waals surface area contributed by atoms with Crippen molar-refractivity contribution < 1.29 is 18.7 Å². The van der Waals surface area contributed by atoms with E-state index in [2.05, 4.69) is 15.4 Å². The molecule has 27 heavy (non-hydrogen) atoms. The highest BCUT2D eigenvalue weighted by Crippen LogP contribution is 2.32. The lowest BCUT2D eigenvalue weighted by atomic mass is 9.82. The Morgan fingerprint density at radius 2 is 2.00 bits per heavy atom. The number of carbonyl (C=O) groups is 2. The van der Waals surface area contributed by atoms with Gasteiger partial charge in [0.1, 0.15) is 18.1 Å². The highest BCUT2D eigenvalue weighted by molar-refractivity contribution is 5.79. The van der Waals surface area contributed by atoms with Crippen LogP contribution in [0.1, 0.15) is 6.42 Å². The van der Waals surface area contributed by atoms with E-state index >= 15 is 0 Å². The third-order valence-corrected chi connectivity index (χ3v) is 5.04. The van der Waals surface area contributed by atoms with Crippen molar-refractivity contribution in [2.24, 2.45) is 5.92 Å². The van der Waals surface area contributed by atoms with E-state index < -0.39 is 0 Å². The first-order valence-electron chi connectivity index (χ1n) is 8.76. The Hall–Kier alpha value is -3.04. The van der Waals surface area contributed by atoms with Gasteiger partial charge < -0.3 is 14.5 Å². The average Bonchev–Trinajstić information content (AvgIpc) is 3.15. The minimum Gasteiger partial charge on any atom is -0.484 e. The normalized spacial score (nSPS) is 21.4. The van der Waals surface area contributed by atoms with E-state index in [1.807, 2.05) is 0 Å². The summed E-state index contributed by atoms with van der Waals surface area (Å²) in [6, 6.07) is 5.72. The van der Waals surface area contributed by atoms with Gasteiger partial charge in [0.05, 0.1) is 0 Å².